The number of benzene rings is 1. The number of nitrogens with zero attached hydrogens (tertiary/aromatic N) is 2. The molecule has 1 unspecified atom stereocenters. The van der Waals surface area contributed by atoms with E-state index in [0.29, 0.717) is 5.01 Å². The molecular weight excluding hydrogens is 388 g/mol. The molecule has 10 nitrogen and oxygen atoms in total. The van der Waals surface area contributed by atoms with Gasteiger partial charge in [-0.1, -0.05) is 31.4 Å². The molecule has 0 saturated carbocycles. The third-order valence-corrected chi connectivity index (χ3v) is 5.07. The molecule has 1 aromatic carbocycles. The number of hydrogen-bond acceptors (Lipinski definition) is 7. The zero-order valence-corrected chi connectivity index (χ0v) is 16.4. The van der Waals surface area contributed by atoms with E-state index in [-0.39, 0.29) is 29.4 Å². The lowest BCUT2D eigenvalue weighted by Gasteiger charge is -2.17. The fourth-order valence-corrected chi connectivity index (χ4v) is 3.78. The Morgan fingerprint density at radius 1 is 1.32 bits per heavy atom. The van der Waals surface area contributed by atoms with Gasteiger partial charge in [-0.25, -0.2) is 22.7 Å². The minimum atomic E-state index is -4.38. The van der Waals surface area contributed by atoms with Gasteiger partial charge in [0.05, 0.1) is 6.61 Å². The van der Waals surface area contributed by atoms with Crippen molar-refractivity contribution in [3.05, 3.63) is 43.1 Å². The molecule has 2 N–H and O–H groups in total. The molecule has 0 bridgehead atoms. The van der Waals surface area contributed by atoms with Crippen molar-refractivity contribution >= 4 is 28.2 Å². The molecule has 1 atom stereocenters. The van der Waals surface area contributed by atoms with Gasteiger partial charge in [0.2, 0.25) is 6.35 Å². The Balaban J connectivity index is 2.33. The predicted molar refractivity (Wildman–Crippen MR) is 101 cm³/mol. The highest BCUT2D eigenvalue weighted by Crippen LogP contribution is 2.28. The molecule has 1 fully saturated rings. The summed E-state index contributed by atoms with van der Waals surface area (Å²) >= 11 is 0. The number of nitrogens with one attached hydrogen (secondary N) is 2. The smallest absolute Gasteiger partial charge is 0.354 e. The molecular formula is C17H22N4O6S. The number of hydrogen-bond donors (Lipinski definition) is 2. The summed E-state index contributed by atoms with van der Waals surface area (Å²) in [7, 11) is -4.38. The second-order valence-corrected chi connectivity index (χ2v) is 6.99. The van der Waals surface area contributed by atoms with Crippen molar-refractivity contribution in [2.75, 3.05) is 13.2 Å². The number of sulfonamides is 1. The van der Waals surface area contributed by atoms with Crippen LogP contribution in [0.2, 0.25) is 0 Å². The molecule has 152 valence electrons. The van der Waals surface area contributed by atoms with Crippen LogP contribution >= 0.6 is 0 Å². The van der Waals surface area contributed by atoms with Gasteiger partial charge in [0.25, 0.3) is 10.0 Å². The predicted octanol–water partition coefficient (Wildman–Crippen LogP) is 1.83. The van der Waals surface area contributed by atoms with Crippen LogP contribution in [0.1, 0.15) is 19.4 Å². The Hall–Kier alpha value is -2.89. The normalized spacial score (nSPS) is 16.8. The van der Waals surface area contributed by atoms with Gasteiger partial charge in [0.15, 0.2) is 0 Å². The van der Waals surface area contributed by atoms with Gasteiger partial charge in [-0.15, -0.1) is 0 Å². The number of amides is 4. The summed E-state index contributed by atoms with van der Waals surface area (Å²) < 4.78 is 38.2. The zero-order valence-electron chi connectivity index (χ0n) is 15.5. The van der Waals surface area contributed by atoms with E-state index in [4.69, 9.17) is 9.47 Å². The third-order valence-electron chi connectivity index (χ3n) is 3.65. The minimum absolute atomic E-state index is 0.0563. The van der Waals surface area contributed by atoms with Crippen molar-refractivity contribution < 1.29 is 27.5 Å². The molecule has 11 heteroatoms. The van der Waals surface area contributed by atoms with Crippen LogP contribution < -0.4 is 14.9 Å². The van der Waals surface area contributed by atoms with Crippen molar-refractivity contribution in [3.63, 3.8) is 0 Å². The maximum absolute atomic E-state index is 12.8. The van der Waals surface area contributed by atoms with Crippen LogP contribution in [-0.2, 0) is 14.8 Å². The highest BCUT2D eigenvalue weighted by Gasteiger charge is 2.41. The van der Waals surface area contributed by atoms with E-state index in [0.717, 1.165) is 11.1 Å². The van der Waals surface area contributed by atoms with Crippen molar-refractivity contribution in [1.82, 2.24) is 20.1 Å². The fourth-order valence-electron chi connectivity index (χ4n) is 2.50. The molecule has 1 aliphatic rings. The molecule has 1 aliphatic heterocycles. The summed E-state index contributed by atoms with van der Waals surface area (Å²) in [6, 6.07) is 2.52. The molecule has 0 aromatic heterocycles. The lowest BCUT2D eigenvalue weighted by atomic mass is 10.2. The van der Waals surface area contributed by atoms with E-state index in [9.17, 15) is 18.0 Å². The van der Waals surface area contributed by atoms with E-state index in [1.807, 2.05) is 4.72 Å². The van der Waals surface area contributed by atoms with Crippen LogP contribution in [-0.4, -0.2) is 50.0 Å². The van der Waals surface area contributed by atoms with E-state index < -0.39 is 28.4 Å². The summed E-state index contributed by atoms with van der Waals surface area (Å²) in [4.78, 5) is 25.6. The number of ether oxygens (including phenoxy) is 2. The molecule has 1 heterocycles. The van der Waals surface area contributed by atoms with Gasteiger partial charge in [0, 0.05) is 12.8 Å². The summed E-state index contributed by atoms with van der Waals surface area (Å²) in [5, 5.41) is 0.496. The monoisotopic (exact) mass is 410 g/mol. The highest BCUT2D eigenvalue weighted by atomic mass is 32.2. The maximum atomic E-state index is 12.8. The molecule has 0 spiro atoms. The van der Waals surface area contributed by atoms with E-state index in [1.54, 1.807) is 19.9 Å². The molecule has 1 aromatic rings. The second-order valence-electron chi connectivity index (χ2n) is 5.37. The topological polar surface area (TPSA) is 117 Å². The van der Waals surface area contributed by atoms with Crippen LogP contribution in [0.4, 0.5) is 9.59 Å². The lowest BCUT2D eigenvalue weighted by Crippen LogP contribution is -2.49. The Morgan fingerprint density at radius 3 is 2.61 bits per heavy atom. The summed E-state index contributed by atoms with van der Waals surface area (Å²) in [5.74, 6) is 0.0563. The van der Waals surface area contributed by atoms with Crippen LogP contribution in [0, 0.1) is 0 Å². The van der Waals surface area contributed by atoms with Crippen molar-refractivity contribution in [2.24, 2.45) is 0 Å². The first-order chi connectivity index (χ1) is 13.3. The van der Waals surface area contributed by atoms with Crippen LogP contribution in [0.5, 0.6) is 5.75 Å². The Labute approximate surface area is 163 Å². The minimum Gasteiger partial charge on any atom is -0.492 e. The summed E-state index contributed by atoms with van der Waals surface area (Å²) in [6.45, 7) is 10.9. The van der Waals surface area contributed by atoms with E-state index >= 15 is 0 Å². The standard InChI is InChI=1S/C17H22N4O6S/c1-5-12-10-9-11-13(26-7-3)14(12)28(24,25)19-15(22)21-17(23)20(6-2)16(18-21)27-8-4/h5-6,9-11,16,18H,1-2,7-8H2,3-4H3,(H,19,22). The Morgan fingerprint density at radius 2 is 2.04 bits per heavy atom. The largest absolute Gasteiger partial charge is 0.492 e. The zero-order chi connectivity index (χ0) is 20.9. The Kier molecular flexibility index (Phi) is 6.78. The summed E-state index contributed by atoms with van der Waals surface area (Å²) in [5.41, 5.74) is 2.72. The maximum Gasteiger partial charge on any atom is 0.354 e. The van der Waals surface area contributed by atoms with Gasteiger partial charge in [-0.2, -0.15) is 10.4 Å². The van der Waals surface area contributed by atoms with Gasteiger partial charge < -0.3 is 9.47 Å². The number of carbonyl (C=O) groups is 2. The average molecular weight is 410 g/mol. The molecule has 1 saturated heterocycles. The van der Waals surface area contributed by atoms with Gasteiger partial charge >= 0.3 is 12.1 Å². The number of urea groups is 2. The third kappa shape index (κ3) is 4.16. The van der Waals surface area contributed by atoms with E-state index in [2.05, 4.69) is 18.6 Å². The van der Waals surface area contributed by atoms with Crippen molar-refractivity contribution in [2.45, 2.75) is 25.1 Å². The number of hydrazine groups is 1. The van der Waals surface area contributed by atoms with Crippen LogP contribution in [0.25, 0.3) is 6.08 Å². The highest BCUT2D eigenvalue weighted by molar-refractivity contribution is 7.90. The molecule has 28 heavy (non-hydrogen) atoms. The van der Waals surface area contributed by atoms with E-state index in [1.165, 1.54) is 18.2 Å². The second kappa shape index (κ2) is 8.87. The van der Waals surface area contributed by atoms with Gasteiger partial charge in [-0.05, 0) is 25.5 Å². The number of rotatable bonds is 8. The van der Waals surface area contributed by atoms with Crippen LogP contribution in [0.15, 0.2) is 42.5 Å². The average Bonchev–Trinajstić information content (AvgIpc) is 2.97. The Bertz CT molecular complexity index is 886. The van der Waals surface area contributed by atoms with Crippen LogP contribution in [0.3, 0.4) is 0 Å². The summed E-state index contributed by atoms with van der Waals surface area (Å²) in [6.07, 6.45) is 1.51. The first kappa shape index (κ1) is 21.4. The first-order valence-electron chi connectivity index (χ1n) is 8.38. The fraction of sp³-hybridized carbons (Fsp3) is 0.294. The molecule has 2 rings (SSSR count). The van der Waals surface area contributed by atoms with Gasteiger partial charge in [0.1, 0.15) is 10.6 Å². The molecule has 0 radical (unpaired) electrons. The quantitative estimate of drug-likeness (QED) is 0.671. The lowest BCUT2D eigenvalue weighted by molar-refractivity contribution is -0.0227. The van der Waals surface area contributed by atoms with Crippen molar-refractivity contribution in [3.8, 4) is 5.75 Å². The first-order valence-corrected chi connectivity index (χ1v) is 9.86. The number of carbonyl (C=O) groups excluding carboxylic acids is 2. The van der Waals surface area contributed by atoms with Gasteiger partial charge in [-0.3, -0.25) is 4.90 Å². The number of imide groups is 1. The SMILES string of the molecule is C=Cc1cccc(OCC)c1S(=O)(=O)NC(=O)N1NC(OCC)N(C=C)C1=O. The molecule has 4 amide bonds. The van der Waals surface area contributed by atoms with Crippen molar-refractivity contribution in [1.29, 1.82) is 0 Å². The molecule has 0 aliphatic carbocycles.